The van der Waals surface area contributed by atoms with Crippen LogP contribution in [0, 0.1) is 17.8 Å². The first-order valence-corrected chi connectivity index (χ1v) is 13.7. The van der Waals surface area contributed by atoms with Gasteiger partial charge < -0.3 is 20.1 Å². The SMILES string of the molecule is CC/C(=C\c1cccc(O)c1)CC[C@@H](O)C1=C(COC)C[C@H]2C(=O)N(C3CCCCC3)C(=O)[C@H]2[C@H]1CO. The van der Waals surface area contributed by atoms with Crippen molar-refractivity contribution in [1.29, 1.82) is 0 Å². The van der Waals surface area contributed by atoms with Crippen molar-refractivity contribution in [3.05, 3.63) is 46.5 Å². The standard InChI is InChI=1S/C30H41NO6/c1-3-19(14-20-8-7-11-23(33)15-20)12-13-26(34)27-21(18-37-2)16-24-28(25(27)17-32)30(36)31(29(24)35)22-9-5-4-6-10-22/h7-8,11,14-15,22,24-26,28,32-34H,3-6,9-10,12-13,16-18H2,1-2H3/b19-14+/t24-,25+,26-,28-/m1/s1. The van der Waals surface area contributed by atoms with Gasteiger partial charge >= 0.3 is 0 Å². The molecule has 4 rings (SSSR count). The van der Waals surface area contributed by atoms with Crippen LogP contribution in [-0.2, 0) is 14.3 Å². The smallest absolute Gasteiger partial charge is 0.234 e. The highest BCUT2D eigenvalue weighted by atomic mass is 16.5. The molecule has 37 heavy (non-hydrogen) atoms. The second-order valence-electron chi connectivity index (χ2n) is 10.8. The Labute approximate surface area is 219 Å². The van der Waals surface area contributed by atoms with Gasteiger partial charge in [-0.05, 0) is 67.4 Å². The summed E-state index contributed by atoms with van der Waals surface area (Å²) >= 11 is 0. The van der Waals surface area contributed by atoms with Crippen molar-refractivity contribution in [3.8, 4) is 5.75 Å². The van der Waals surface area contributed by atoms with Crippen LogP contribution >= 0.6 is 0 Å². The number of benzene rings is 1. The highest BCUT2D eigenvalue weighted by Crippen LogP contribution is 2.47. The summed E-state index contributed by atoms with van der Waals surface area (Å²) in [5.41, 5.74) is 3.53. The summed E-state index contributed by atoms with van der Waals surface area (Å²) in [4.78, 5) is 28.6. The zero-order valence-electron chi connectivity index (χ0n) is 22.1. The largest absolute Gasteiger partial charge is 0.508 e. The maximum atomic E-state index is 13.6. The third-order valence-electron chi connectivity index (χ3n) is 8.47. The number of methoxy groups -OCH3 is 1. The molecular weight excluding hydrogens is 470 g/mol. The van der Waals surface area contributed by atoms with E-state index in [1.54, 1.807) is 25.3 Å². The fraction of sp³-hybridized carbons (Fsp3) is 0.600. The van der Waals surface area contributed by atoms with Crippen LogP contribution in [-0.4, -0.2) is 64.5 Å². The summed E-state index contributed by atoms with van der Waals surface area (Å²) in [7, 11) is 1.58. The lowest BCUT2D eigenvalue weighted by Gasteiger charge is -2.36. The number of rotatable bonds is 10. The van der Waals surface area contributed by atoms with Crippen LogP contribution in [0.4, 0.5) is 0 Å². The first-order valence-electron chi connectivity index (χ1n) is 13.7. The molecule has 0 bridgehead atoms. The van der Waals surface area contributed by atoms with Gasteiger partial charge in [0, 0.05) is 19.1 Å². The number of phenolic OH excluding ortho intramolecular Hbond substituents is 1. The van der Waals surface area contributed by atoms with Crippen molar-refractivity contribution in [2.24, 2.45) is 17.8 Å². The van der Waals surface area contributed by atoms with Crippen molar-refractivity contribution >= 4 is 17.9 Å². The van der Waals surface area contributed by atoms with E-state index in [-0.39, 0.29) is 36.8 Å². The van der Waals surface area contributed by atoms with Crippen LogP contribution in [0.5, 0.6) is 5.75 Å². The molecule has 1 aromatic carbocycles. The van der Waals surface area contributed by atoms with E-state index in [9.17, 15) is 24.9 Å². The Kier molecular flexibility index (Phi) is 9.22. The number of carbonyl (C=O) groups excluding carboxylic acids is 2. The molecule has 1 saturated heterocycles. The molecule has 1 aliphatic heterocycles. The minimum Gasteiger partial charge on any atom is -0.508 e. The van der Waals surface area contributed by atoms with Crippen molar-refractivity contribution in [2.45, 2.75) is 76.9 Å². The summed E-state index contributed by atoms with van der Waals surface area (Å²) in [6, 6.07) is 7.01. The molecule has 1 aromatic rings. The number of aromatic hydroxyl groups is 1. The summed E-state index contributed by atoms with van der Waals surface area (Å²) in [5, 5.41) is 31.7. The van der Waals surface area contributed by atoms with Crippen LogP contribution in [0.25, 0.3) is 6.08 Å². The van der Waals surface area contributed by atoms with Gasteiger partial charge in [-0.25, -0.2) is 0 Å². The average molecular weight is 512 g/mol. The highest BCUT2D eigenvalue weighted by Gasteiger charge is 2.56. The normalized spacial score (nSPS) is 26.1. The number of carbonyl (C=O) groups is 2. The molecule has 2 fully saturated rings. The number of amides is 2. The lowest BCUT2D eigenvalue weighted by molar-refractivity contribution is -0.143. The van der Waals surface area contributed by atoms with E-state index in [4.69, 9.17) is 4.74 Å². The van der Waals surface area contributed by atoms with Crippen LogP contribution in [0.15, 0.2) is 41.0 Å². The number of fused-ring (bicyclic) bond motifs is 1. The first kappa shape index (κ1) is 27.6. The molecule has 0 unspecified atom stereocenters. The third-order valence-corrected chi connectivity index (χ3v) is 8.47. The number of imide groups is 1. The summed E-state index contributed by atoms with van der Waals surface area (Å²) in [5.74, 6) is -1.81. The average Bonchev–Trinajstić information content (AvgIpc) is 3.15. The maximum absolute atomic E-state index is 13.6. The third kappa shape index (κ3) is 5.84. The molecule has 4 atom stereocenters. The minimum absolute atomic E-state index is 0.0485. The maximum Gasteiger partial charge on any atom is 0.234 e. The van der Waals surface area contributed by atoms with Crippen LogP contribution < -0.4 is 0 Å². The number of likely N-dealkylation sites (tertiary alicyclic amines) is 1. The number of nitrogens with zero attached hydrogens (tertiary/aromatic N) is 1. The Morgan fingerprint density at radius 2 is 1.95 bits per heavy atom. The van der Waals surface area contributed by atoms with Crippen molar-refractivity contribution in [3.63, 3.8) is 0 Å². The van der Waals surface area contributed by atoms with Gasteiger partial charge in [-0.15, -0.1) is 0 Å². The zero-order valence-corrected chi connectivity index (χ0v) is 22.1. The molecule has 1 heterocycles. The Morgan fingerprint density at radius 3 is 2.59 bits per heavy atom. The van der Waals surface area contributed by atoms with E-state index in [1.165, 1.54) is 4.90 Å². The quantitative estimate of drug-likeness (QED) is 0.321. The molecule has 2 amide bonds. The number of phenols is 1. The molecule has 7 heteroatoms. The highest BCUT2D eigenvalue weighted by molar-refractivity contribution is 6.06. The minimum atomic E-state index is -0.853. The molecule has 0 aromatic heterocycles. The molecule has 7 nitrogen and oxygen atoms in total. The van der Waals surface area contributed by atoms with Gasteiger partial charge in [0.1, 0.15) is 5.75 Å². The van der Waals surface area contributed by atoms with Crippen LogP contribution in [0.1, 0.15) is 70.3 Å². The molecule has 1 saturated carbocycles. The molecular formula is C30H41NO6. The summed E-state index contributed by atoms with van der Waals surface area (Å²) in [6.07, 6.45) is 8.29. The molecule has 0 spiro atoms. The van der Waals surface area contributed by atoms with Crippen molar-refractivity contribution < 1.29 is 29.6 Å². The van der Waals surface area contributed by atoms with Gasteiger partial charge in [0.05, 0.1) is 31.2 Å². The lowest BCUT2D eigenvalue weighted by atomic mass is 9.68. The molecule has 2 aliphatic carbocycles. The second kappa shape index (κ2) is 12.4. The van der Waals surface area contributed by atoms with Gasteiger partial charge in [0.2, 0.25) is 11.8 Å². The summed E-state index contributed by atoms with van der Waals surface area (Å²) < 4.78 is 5.45. The van der Waals surface area contributed by atoms with Gasteiger partial charge in [-0.3, -0.25) is 14.5 Å². The monoisotopic (exact) mass is 511 g/mol. The number of aliphatic hydroxyl groups excluding tert-OH is 2. The van der Waals surface area contributed by atoms with E-state index >= 15 is 0 Å². The van der Waals surface area contributed by atoms with E-state index in [0.717, 1.165) is 55.2 Å². The topological polar surface area (TPSA) is 107 Å². The van der Waals surface area contributed by atoms with Gasteiger partial charge in [0.15, 0.2) is 0 Å². The van der Waals surface area contributed by atoms with Crippen molar-refractivity contribution in [2.75, 3.05) is 20.3 Å². The summed E-state index contributed by atoms with van der Waals surface area (Å²) in [6.45, 7) is 2.02. The van der Waals surface area contributed by atoms with Gasteiger partial charge in [-0.1, -0.05) is 50.0 Å². The second-order valence-corrected chi connectivity index (χ2v) is 10.8. The van der Waals surface area contributed by atoms with E-state index in [1.807, 2.05) is 12.1 Å². The number of hydrogen-bond donors (Lipinski definition) is 3. The number of hydrogen-bond acceptors (Lipinski definition) is 6. The van der Waals surface area contributed by atoms with Crippen LogP contribution in [0.3, 0.4) is 0 Å². The van der Waals surface area contributed by atoms with E-state index in [0.29, 0.717) is 24.8 Å². The number of allylic oxidation sites excluding steroid dienone is 1. The Bertz CT molecular complexity index is 1040. The Hall–Kier alpha value is -2.48. The lowest BCUT2D eigenvalue weighted by Crippen LogP contribution is -2.42. The molecule has 3 aliphatic rings. The van der Waals surface area contributed by atoms with Gasteiger partial charge in [0.25, 0.3) is 0 Å². The number of ether oxygens (including phenoxy) is 1. The first-order chi connectivity index (χ1) is 17.9. The van der Waals surface area contributed by atoms with Gasteiger partial charge in [-0.2, -0.15) is 0 Å². The van der Waals surface area contributed by atoms with Crippen molar-refractivity contribution in [1.82, 2.24) is 4.90 Å². The van der Waals surface area contributed by atoms with Crippen LogP contribution in [0.2, 0.25) is 0 Å². The Morgan fingerprint density at radius 1 is 1.19 bits per heavy atom. The van der Waals surface area contributed by atoms with E-state index in [2.05, 4.69) is 6.92 Å². The predicted molar refractivity (Wildman–Crippen MR) is 141 cm³/mol. The zero-order chi connectivity index (χ0) is 26.5. The Balaban J connectivity index is 1.56. The van der Waals surface area contributed by atoms with E-state index < -0.39 is 23.9 Å². The molecule has 3 N–H and O–H groups in total. The number of aliphatic hydroxyl groups is 2. The molecule has 202 valence electrons. The fourth-order valence-electron chi connectivity index (χ4n) is 6.67. The fourth-order valence-corrected chi connectivity index (χ4v) is 6.67. The molecule has 0 radical (unpaired) electrons. The predicted octanol–water partition coefficient (Wildman–Crippen LogP) is 4.22.